The first-order chi connectivity index (χ1) is 12.6. The lowest BCUT2D eigenvalue weighted by Gasteiger charge is -1.97. The zero-order valence-electron chi connectivity index (χ0n) is 13.9. The first-order valence-electron chi connectivity index (χ1n) is 7.92. The van der Waals surface area contributed by atoms with E-state index in [2.05, 4.69) is 4.47 Å². The average Bonchev–Trinajstić information content (AvgIpc) is 3.02. The molecule has 0 aliphatic rings. The Morgan fingerprint density at radius 1 is 0.769 bits per heavy atom. The number of aromatic nitrogens is 1. The van der Waals surface area contributed by atoms with Gasteiger partial charge in [-0.3, -0.25) is 0 Å². The van der Waals surface area contributed by atoms with E-state index in [1.807, 2.05) is 84.9 Å². The van der Waals surface area contributed by atoms with Crippen molar-refractivity contribution >= 4 is 27.1 Å². The van der Waals surface area contributed by atoms with E-state index in [-0.39, 0.29) is 0 Å². The average molecular weight is 363 g/mol. The monoisotopic (exact) mass is 363 g/mol. The number of anilines is 1. The maximum Gasteiger partial charge on any atom is 0.333 e. The lowest BCUT2D eigenvalue weighted by molar-refractivity contribution is 0.617. The molecule has 0 spiro atoms. The van der Waals surface area contributed by atoms with Crippen molar-refractivity contribution in [2.75, 3.05) is 5.73 Å². The minimum atomic E-state index is -2.48. The Bertz CT molecular complexity index is 1130. The molecule has 0 amide bonds. The number of hydrogen-bond donors (Lipinski definition) is 1. The van der Waals surface area contributed by atoms with Crippen LogP contribution in [0.1, 0.15) is 0 Å². The van der Waals surface area contributed by atoms with Gasteiger partial charge >= 0.3 is 10.5 Å². The van der Waals surface area contributed by atoms with Crippen molar-refractivity contribution in [3.63, 3.8) is 0 Å². The standard InChI is InChI=1S/C14H10N2O2S.C6H7N/c17-19(18)15-16-10-13(11-6-2-1-3-7-11)12-8-4-5-9-14(12)16;7-6-4-2-1-3-5-6/h1-10H;1-5H,7H2. The Morgan fingerprint density at radius 3 is 1.92 bits per heavy atom. The van der Waals surface area contributed by atoms with Crippen LogP contribution in [0.15, 0.2) is 95.6 Å². The van der Waals surface area contributed by atoms with Crippen LogP contribution < -0.4 is 5.73 Å². The molecule has 6 heteroatoms. The fraction of sp³-hybridized carbons (Fsp3) is 0. The molecule has 0 unspecified atom stereocenters. The second kappa shape index (κ2) is 8.13. The molecule has 1 heterocycles. The first kappa shape index (κ1) is 17.4. The summed E-state index contributed by atoms with van der Waals surface area (Å²) < 4.78 is 26.5. The van der Waals surface area contributed by atoms with Gasteiger partial charge in [0.1, 0.15) is 0 Å². The van der Waals surface area contributed by atoms with Crippen LogP contribution in [-0.4, -0.2) is 13.1 Å². The lowest BCUT2D eigenvalue weighted by Crippen LogP contribution is -1.83. The van der Waals surface area contributed by atoms with Gasteiger partial charge in [-0.25, -0.2) is 4.68 Å². The Morgan fingerprint density at radius 2 is 1.35 bits per heavy atom. The molecule has 0 saturated heterocycles. The second-order valence-electron chi connectivity index (χ2n) is 5.48. The Hall–Kier alpha value is -3.38. The zero-order chi connectivity index (χ0) is 18.4. The summed E-state index contributed by atoms with van der Waals surface area (Å²) >= 11 is 0. The molecule has 0 saturated carbocycles. The maximum absolute atomic E-state index is 10.8. The fourth-order valence-electron chi connectivity index (χ4n) is 2.60. The van der Waals surface area contributed by atoms with Crippen LogP contribution in [0.25, 0.3) is 22.0 Å². The quantitative estimate of drug-likeness (QED) is 0.536. The van der Waals surface area contributed by atoms with E-state index in [0.29, 0.717) is 0 Å². The molecular formula is C20H17N3O2S. The lowest BCUT2D eigenvalue weighted by atomic mass is 10.1. The van der Waals surface area contributed by atoms with Crippen molar-refractivity contribution < 1.29 is 8.42 Å². The predicted molar refractivity (Wildman–Crippen MR) is 105 cm³/mol. The number of nitrogens with zero attached hydrogens (tertiary/aromatic N) is 2. The molecule has 0 aliphatic heterocycles. The largest absolute Gasteiger partial charge is 0.399 e. The molecule has 26 heavy (non-hydrogen) atoms. The number of para-hydroxylation sites is 2. The zero-order valence-corrected chi connectivity index (χ0v) is 14.7. The van der Waals surface area contributed by atoms with Crippen molar-refractivity contribution in [1.29, 1.82) is 0 Å². The van der Waals surface area contributed by atoms with Crippen LogP contribution in [0.5, 0.6) is 0 Å². The molecular weight excluding hydrogens is 346 g/mol. The van der Waals surface area contributed by atoms with Crippen molar-refractivity contribution in [3.05, 3.63) is 91.1 Å². The van der Waals surface area contributed by atoms with Gasteiger partial charge in [0.05, 0.1) is 5.52 Å². The number of nitrogen functional groups attached to an aromatic ring is 1. The topological polar surface area (TPSA) is 77.5 Å². The van der Waals surface area contributed by atoms with Gasteiger partial charge in [0, 0.05) is 22.8 Å². The van der Waals surface area contributed by atoms with Gasteiger partial charge in [-0.1, -0.05) is 66.7 Å². The summed E-state index contributed by atoms with van der Waals surface area (Å²) in [6, 6.07) is 26.9. The van der Waals surface area contributed by atoms with Crippen LogP contribution >= 0.6 is 0 Å². The van der Waals surface area contributed by atoms with E-state index in [4.69, 9.17) is 5.73 Å². The third-order valence-corrected chi connectivity index (χ3v) is 4.04. The van der Waals surface area contributed by atoms with E-state index in [1.54, 1.807) is 6.20 Å². The Kier molecular flexibility index (Phi) is 5.46. The molecule has 0 bridgehead atoms. The molecule has 4 rings (SSSR count). The summed E-state index contributed by atoms with van der Waals surface area (Å²) in [5.74, 6) is 0. The molecule has 1 aromatic heterocycles. The molecule has 4 aromatic rings. The second-order valence-corrected chi connectivity index (χ2v) is 6.08. The normalized spacial score (nSPS) is 10.0. The third kappa shape index (κ3) is 4.17. The minimum Gasteiger partial charge on any atom is -0.399 e. The number of rotatable bonds is 2. The van der Waals surface area contributed by atoms with Gasteiger partial charge in [0.15, 0.2) is 0 Å². The highest BCUT2D eigenvalue weighted by atomic mass is 32.2. The molecule has 0 fully saturated rings. The van der Waals surface area contributed by atoms with Crippen LogP contribution in [0.3, 0.4) is 0 Å². The Labute approximate surface area is 153 Å². The molecule has 0 atom stereocenters. The van der Waals surface area contributed by atoms with E-state index in [1.165, 1.54) is 4.68 Å². The molecule has 2 N–H and O–H groups in total. The molecule has 0 radical (unpaired) electrons. The third-order valence-electron chi connectivity index (χ3n) is 3.73. The number of fused-ring (bicyclic) bond motifs is 1. The van der Waals surface area contributed by atoms with Gasteiger partial charge in [-0.15, -0.1) is 0 Å². The van der Waals surface area contributed by atoms with Crippen molar-refractivity contribution in [2.24, 2.45) is 4.47 Å². The fourth-order valence-corrected chi connectivity index (χ4v) is 2.88. The highest BCUT2D eigenvalue weighted by Crippen LogP contribution is 2.30. The van der Waals surface area contributed by atoms with Gasteiger partial charge in [0.25, 0.3) is 0 Å². The summed E-state index contributed by atoms with van der Waals surface area (Å²) in [6.45, 7) is 0. The number of hydrogen-bond acceptors (Lipinski definition) is 4. The van der Waals surface area contributed by atoms with Crippen LogP contribution in [-0.2, 0) is 10.5 Å². The van der Waals surface area contributed by atoms with Crippen molar-refractivity contribution in [3.8, 4) is 11.1 Å². The van der Waals surface area contributed by atoms with Gasteiger partial charge < -0.3 is 5.73 Å². The van der Waals surface area contributed by atoms with E-state index >= 15 is 0 Å². The smallest absolute Gasteiger partial charge is 0.333 e. The number of nitrogens with two attached hydrogens (primary N) is 1. The van der Waals surface area contributed by atoms with Crippen molar-refractivity contribution in [2.45, 2.75) is 0 Å². The Balaban J connectivity index is 0.000000236. The van der Waals surface area contributed by atoms with Crippen LogP contribution in [0, 0.1) is 0 Å². The predicted octanol–water partition coefficient (Wildman–Crippen LogP) is 4.40. The van der Waals surface area contributed by atoms with Gasteiger partial charge in [-0.2, -0.15) is 8.42 Å². The summed E-state index contributed by atoms with van der Waals surface area (Å²) in [6.07, 6.45) is 1.73. The molecule has 5 nitrogen and oxygen atoms in total. The summed E-state index contributed by atoms with van der Waals surface area (Å²) in [7, 11) is -2.48. The molecule has 130 valence electrons. The number of benzene rings is 3. The van der Waals surface area contributed by atoms with E-state index in [9.17, 15) is 8.42 Å². The summed E-state index contributed by atoms with van der Waals surface area (Å²) in [4.78, 5) is 0. The maximum atomic E-state index is 10.8. The van der Waals surface area contributed by atoms with Gasteiger partial charge in [-0.05, 0) is 28.2 Å². The summed E-state index contributed by atoms with van der Waals surface area (Å²) in [5.41, 5.74) is 8.94. The molecule has 0 aliphatic carbocycles. The highest BCUT2D eigenvalue weighted by molar-refractivity contribution is 7.61. The van der Waals surface area contributed by atoms with Gasteiger partial charge in [0.2, 0.25) is 0 Å². The van der Waals surface area contributed by atoms with Crippen LogP contribution in [0.4, 0.5) is 5.69 Å². The van der Waals surface area contributed by atoms with Crippen molar-refractivity contribution in [1.82, 2.24) is 4.68 Å². The van der Waals surface area contributed by atoms with E-state index < -0.39 is 10.5 Å². The minimum absolute atomic E-state index is 0.769. The molecule has 3 aromatic carbocycles. The SMILES string of the molecule is Nc1ccccc1.O=S(=O)=Nn1cc(-c2ccccc2)c2ccccc21. The first-order valence-corrected chi connectivity index (χ1v) is 8.96. The van der Waals surface area contributed by atoms with E-state index in [0.717, 1.165) is 27.7 Å². The van der Waals surface area contributed by atoms with Crippen LogP contribution in [0.2, 0.25) is 0 Å². The highest BCUT2D eigenvalue weighted by Gasteiger charge is 2.09. The summed E-state index contributed by atoms with van der Waals surface area (Å²) in [5, 5.41) is 0.975.